The fourth-order valence-corrected chi connectivity index (χ4v) is 3.57. The van der Waals surface area contributed by atoms with Gasteiger partial charge in [0.15, 0.2) is 0 Å². The lowest BCUT2D eigenvalue weighted by molar-refractivity contribution is -0.184. The third kappa shape index (κ3) is 4.93. The van der Waals surface area contributed by atoms with Gasteiger partial charge < -0.3 is 10.1 Å². The molecule has 0 aromatic heterocycles. The maximum absolute atomic E-state index is 12.8. The predicted octanol–water partition coefficient (Wildman–Crippen LogP) is 6.65. The molecule has 0 saturated heterocycles. The number of alkyl halides is 3. The molecule has 1 fully saturated rings. The fraction of sp³-hybridized carbons (Fsp3) is 0.429. The summed E-state index contributed by atoms with van der Waals surface area (Å²) < 4.78 is 44.1. The molecular weight excluding hydrogens is 339 g/mol. The number of hydrogen-bond donors (Lipinski definition) is 1. The second-order valence-electron chi connectivity index (χ2n) is 7.03. The molecule has 3 rings (SSSR count). The Balaban J connectivity index is 1.51. The summed E-state index contributed by atoms with van der Waals surface area (Å²) >= 11 is 0. The Morgan fingerprint density at radius 1 is 0.885 bits per heavy atom. The standard InChI is InChI=1S/C21H24F3NO/c1-15(16-7-9-17(10-8-16)21(22,23)24)25-18-11-13-20(14-12-18)26-19-5-3-2-4-6-19/h2-6,11-17,25H,7-10H2,1H3. The second kappa shape index (κ2) is 8.02. The van der Waals surface area contributed by atoms with E-state index in [0.717, 1.165) is 17.2 Å². The molecule has 1 unspecified atom stereocenters. The van der Waals surface area contributed by atoms with Crippen molar-refractivity contribution in [3.05, 3.63) is 54.6 Å². The van der Waals surface area contributed by atoms with Crippen LogP contribution in [0.15, 0.2) is 54.6 Å². The molecule has 0 spiro atoms. The Hall–Kier alpha value is -2.17. The van der Waals surface area contributed by atoms with E-state index < -0.39 is 12.1 Å². The van der Waals surface area contributed by atoms with Gasteiger partial charge in [0.05, 0.1) is 5.92 Å². The molecule has 5 heteroatoms. The molecule has 0 radical (unpaired) electrons. The lowest BCUT2D eigenvalue weighted by atomic mass is 9.78. The van der Waals surface area contributed by atoms with E-state index in [4.69, 9.17) is 4.74 Å². The molecule has 140 valence electrons. The van der Waals surface area contributed by atoms with Gasteiger partial charge in [-0.25, -0.2) is 0 Å². The van der Waals surface area contributed by atoms with Crippen LogP contribution in [0.3, 0.4) is 0 Å². The third-order valence-corrected chi connectivity index (χ3v) is 5.17. The summed E-state index contributed by atoms with van der Waals surface area (Å²) in [5, 5.41) is 3.42. The first-order valence-corrected chi connectivity index (χ1v) is 9.08. The van der Waals surface area contributed by atoms with E-state index in [0.29, 0.717) is 12.8 Å². The van der Waals surface area contributed by atoms with Gasteiger partial charge in [-0.15, -0.1) is 0 Å². The van der Waals surface area contributed by atoms with Crippen LogP contribution in [-0.2, 0) is 0 Å². The van der Waals surface area contributed by atoms with E-state index in [1.54, 1.807) is 0 Å². The monoisotopic (exact) mass is 363 g/mol. The van der Waals surface area contributed by atoms with Crippen molar-refractivity contribution in [2.75, 3.05) is 5.32 Å². The molecule has 0 amide bonds. The number of benzene rings is 2. The van der Waals surface area contributed by atoms with Crippen molar-refractivity contribution < 1.29 is 17.9 Å². The number of nitrogens with one attached hydrogen (secondary N) is 1. The van der Waals surface area contributed by atoms with E-state index in [1.807, 2.05) is 61.5 Å². The third-order valence-electron chi connectivity index (χ3n) is 5.17. The molecule has 26 heavy (non-hydrogen) atoms. The Kier molecular flexibility index (Phi) is 5.74. The average Bonchev–Trinajstić information content (AvgIpc) is 2.63. The number of ether oxygens (including phenoxy) is 1. The first-order chi connectivity index (χ1) is 12.4. The smallest absolute Gasteiger partial charge is 0.391 e. The molecule has 0 heterocycles. The van der Waals surface area contributed by atoms with Crippen molar-refractivity contribution in [3.63, 3.8) is 0 Å². The van der Waals surface area contributed by atoms with E-state index >= 15 is 0 Å². The number of anilines is 1. The zero-order chi connectivity index (χ0) is 18.6. The van der Waals surface area contributed by atoms with Crippen LogP contribution in [0.25, 0.3) is 0 Å². The van der Waals surface area contributed by atoms with Crippen LogP contribution in [0.5, 0.6) is 11.5 Å². The lowest BCUT2D eigenvalue weighted by Gasteiger charge is -2.33. The summed E-state index contributed by atoms with van der Waals surface area (Å²) in [7, 11) is 0. The topological polar surface area (TPSA) is 21.3 Å². The molecule has 1 atom stereocenters. The van der Waals surface area contributed by atoms with Crippen LogP contribution < -0.4 is 10.1 Å². The minimum absolute atomic E-state index is 0.144. The molecular formula is C21H24F3NO. The van der Waals surface area contributed by atoms with E-state index in [2.05, 4.69) is 5.32 Å². The molecule has 1 aliphatic carbocycles. The van der Waals surface area contributed by atoms with Crippen molar-refractivity contribution in [1.82, 2.24) is 0 Å². The van der Waals surface area contributed by atoms with Gasteiger partial charge >= 0.3 is 6.18 Å². The molecule has 1 saturated carbocycles. The number of halogens is 3. The van der Waals surface area contributed by atoms with E-state index in [1.165, 1.54) is 0 Å². The minimum Gasteiger partial charge on any atom is -0.457 e. The Bertz CT molecular complexity index is 677. The van der Waals surface area contributed by atoms with Crippen molar-refractivity contribution in [2.45, 2.75) is 44.8 Å². The van der Waals surface area contributed by atoms with Crippen LogP contribution in [-0.4, -0.2) is 12.2 Å². The molecule has 0 bridgehead atoms. The number of para-hydroxylation sites is 1. The van der Waals surface area contributed by atoms with Gasteiger partial charge in [-0.05, 0) is 74.9 Å². The molecule has 1 aliphatic rings. The second-order valence-corrected chi connectivity index (χ2v) is 7.03. The summed E-state index contributed by atoms with van der Waals surface area (Å²) in [6.45, 7) is 2.05. The van der Waals surface area contributed by atoms with Gasteiger partial charge in [-0.2, -0.15) is 13.2 Å². The average molecular weight is 363 g/mol. The quantitative estimate of drug-likeness (QED) is 0.642. The maximum atomic E-state index is 12.8. The van der Waals surface area contributed by atoms with Crippen LogP contribution >= 0.6 is 0 Å². The van der Waals surface area contributed by atoms with E-state index in [-0.39, 0.29) is 24.8 Å². The zero-order valence-electron chi connectivity index (χ0n) is 14.8. The fourth-order valence-electron chi connectivity index (χ4n) is 3.57. The zero-order valence-corrected chi connectivity index (χ0v) is 14.8. The SMILES string of the molecule is CC(Nc1ccc(Oc2ccccc2)cc1)C1CCC(C(F)(F)F)CC1. The maximum Gasteiger partial charge on any atom is 0.391 e. The summed E-state index contributed by atoms with van der Waals surface area (Å²) in [5.41, 5.74) is 0.954. The largest absolute Gasteiger partial charge is 0.457 e. The minimum atomic E-state index is -4.05. The predicted molar refractivity (Wildman–Crippen MR) is 97.5 cm³/mol. The molecule has 2 aromatic carbocycles. The highest BCUT2D eigenvalue weighted by Crippen LogP contribution is 2.40. The van der Waals surface area contributed by atoms with Crippen molar-refractivity contribution in [1.29, 1.82) is 0 Å². The van der Waals surface area contributed by atoms with Gasteiger partial charge in [0.2, 0.25) is 0 Å². The molecule has 2 aromatic rings. The van der Waals surface area contributed by atoms with Gasteiger partial charge in [-0.3, -0.25) is 0 Å². The summed E-state index contributed by atoms with van der Waals surface area (Å²) in [6, 6.07) is 17.4. The van der Waals surface area contributed by atoms with Crippen LogP contribution in [0.2, 0.25) is 0 Å². The Morgan fingerprint density at radius 3 is 2.04 bits per heavy atom. The van der Waals surface area contributed by atoms with Crippen LogP contribution in [0, 0.1) is 11.8 Å². The Labute approximate surface area is 152 Å². The van der Waals surface area contributed by atoms with Gasteiger partial charge in [0, 0.05) is 11.7 Å². The normalized spacial score (nSPS) is 21.8. The van der Waals surface area contributed by atoms with Crippen molar-refractivity contribution >= 4 is 5.69 Å². The van der Waals surface area contributed by atoms with Crippen molar-refractivity contribution in [2.24, 2.45) is 11.8 Å². The number of rotatable bonds is 5. The first-order valence-electron chi connectivity index (χ1n) is 9.08. The highest BCUT2D eigenvalue weighted by Gasteiger charge is 2.42. The first kappa shape index (κ1) is 18.6. The summed E-state index contributed by atoms with van der Waals surface area (Å²) in [5.74, 6) is 0.678. The van der Waals surface area contributed by atoms with Crippen LogP contribution in [0.1, 0.15) is 32.6 Å². The van der Waals surface area contributed by atoms with Gasteiger partial charge in [0.1, 0.15) is 11.5 Å². The van der Waals surface area contributed by atoms with Gasteiger partial charge in [0.25, 0.3) is 0 Å². The number of hydrogen-bond acceptors (Lipinski definition) is 2. The summed E-state index contributed by atoms with van der Waals surface area (Å²) in [6.07, 6.45) is -2.33. The Morgan fingerprint density at radius 2 is 1.46 bits per heavy atom. The van der Waals surface area contributed by atoms with Gasteiger partial charge in [-0.1, -0.05) is 18.2 Å². The van der Waals surface area contributed by atoms with E-state index in [9.17, 15) is 13.2 Å². The highest BCUT2D eigenvalue weighted by atomic mass is 19.4. The van der Waals surface area contributed by atoms with Crippen LogP contribution in [0.4, 0.5) is 18.9 Å². The lowest BCUT2D eigenvalue weighted by Crippen LogP contribution is -2.33. The van der Waals surface area contributed by atoms with Crippen molar-refractivity contribution in [3.8, 4) is 11.5 Å². The molecule has 1 N–H and O–H groups in total. The highest BCUT2D eigenvalue weighted by molar-refractivity contribution is 5.47. The summed E-state index contributed by atoms with van der Waals surface area (Å²) in [4.78, 5) is 0. The molecule has 2 nitrogen and oxygen atoms in total. The molecule has 0 aliphatic heterocycles.